The molecule has 0 heterocycles. The molecule has 0 spiro atoms. The van der Waals surface area contributed by atoms with Crippen LogP contribution < -0.4 is 9.44 Å². The van der Waals surface area contributed by atoms with Gasteiger partial charge >= 0.3 is 0 Å². The van der Waals surface area contributed by atoms with Crippen molar-refractivity contribution in [2.24, 2.45) is 0 Å². The van der Waals surface area contributed by atoms with Crippen LogP contribution in [0.25, 0.3) is 0 Å². The van der Waals surface area contributed by atoms with Crippen molar-refractivity contribution in [2.45, 2.75) is 16.7 Å². The zero-order chi connectivity index (χ0) is 21.2. The van der Waals surface area contributed by atoms with E-state index >= 15 is 0 Å². The SMILES string of the molecule is Cc1ccc(NS(=O)(=O)c2ccc(F)cc2)cc1S(=O)(=O)Nc1ccc(Cl)cc1. The minimum atomic E-state index is -4.02. The van der Waals surface area contributed by atoms with Crippen molar-refractivity contribution in [1.29, 1.82) is 0 Å². The van der Waals surface area contributed by atoms with Gasteiger partial charge in [0.1, 0.15) is 5.82 Å². The number of hydrogen-bond acceptors (Lipinski definition) is 4. The molecule has 3 aromatic rings. The second-order valence-electron chi connectivity index (χ2n) is 6.15. The number of nitrogens with one attached hydrogen (secondary N) is 2. The first-order chi connectivity index (χ1) is 13.6. The molecule has 0 aromatic heterocycles. The van der Waals surface area contributed by atoms with Gasteiger partial charge in [-0.05, 0) is 73.2 Å². The standard InChI is InChI=1S/C19H16ClFN2O4S2/c1-13-2-7-17(23-28(24,25)18-10-5-15(21)6-11-18)12-19(13)29(26,27)22-16-8-3-14(20)4-9-16/h2-12,22-23H,1H3. The average Bonchev–Trinajstić information content (AvgIpc) is 2.65. The summed E-state index contributed by atoms with van der Waals surface area (Å²) in [7, 11) is -8.00. The molecule has 10 heteroatoms. The van der Waals surface area contributed by atoms with Crippen LogP contribution >= 0.6 is 11.6 Å². The van der Waals surface area contributed by atoms with E-state index in [9.17, 15) is 21.2 Å². The molecule has 152 valence electrons. The molecule has 0 aliphatic heterocycles. The second kappa shape index (κ2) is 8.02. The first-order valence-corrected chi connectivity index (χ1v) is 11.6. The Hall–Kier alpha value is -2.62. The summed E-state index contributed by atoms with van der Waals surface area (Å²) in [5.41, 5.74) is 0.790. The van der Waals surface area contributed by atoms with E-state index in [4.69, 9.17) is 11.6 Å². The molecule has 0 bridgehead atoms. The first kappa shape index (κ1) is 21.1. The maximum absolute atomic E-state index is 13.0. The molecule has 0 fully saturated rings. The van der Waals surface area contributed by atoms with Crippen LogP contribution in [-0.4, -0.2) is 16.8 Å². The van der Waals surface area contributed by atoms with Crippen molar-refractivity contribution in [2.75, 3.05) is 9.44 Å². The summed E-state index contributed by atoms with van der Waals surface area (Å²) < 4.78 is 68.2. The summed E-state index contributed by atoms with van der Waals surface area (Å²) in [5, 5.41) is 0.460. The zero-order valence-electron chi connectivity index (χ0n) is 15.1. The van der Waals surface area contributed by atoms with Gasteiger partial charge in [-0.1, -0.05) is 17.7 Å². The number of rotatable bonds is 6. The van der Waals surface area contributed by atoms with Crippen molar-refractivity contribution in [1.82, 2.24) is 0 Å². The molecule has 3 rings (SSSR count). The lowest BCUT2D eigenvalue weighted by atomic mass is 10.2. The maximum Gasteiger partial charge on any atom is 0.262 e. The largest absolute Gasteiger partial charge is 0.280 e. The van der Waals surface area contributed by atoms with Gasteiger partial charge in [-0.3, -0.25) is 9.44 Å². The third-order valence-corrected chi connectivity index (χ3v) is 7.12. The molecule has 0 unspecified atom stereocenters. The van der Waals surface area contributed by atoms with Crippen LogP contribution in [0.15, 0.2) is 76.5 Å². The van der Waals surface area contributed by atoms with Gasteiger partial charge in [0.25, 0.3) is 20.0 Å². The van der Waals surface area contributed by atoms with Crippen LogP contribution in [0, 0.1) is 12.7 Å². The normalized spacial score (nSPS) is 11.8. The van der Waals surface area contributed by atoms with Crippen LogP contribution in [0.2, 0.25) is 5.02 Å². The Morgan fingerprint density at radius 1 is 0.759 bits per heavy atom. The van der Waals surface area contributed by atoms with Gasteiger partial charge in [0.15, 0.2) is 0 Å². The number of anilines is 2. The summed E-state index contributed by atoms with van der Waals surface area (Å²) in [5.74, 6) is -0.569. The van der Waals surface area contributed by atoms with Gasteiger partial charge in [0, 0.05) is 10.7 Å². The molecule has 0 aliphatic rings. The number of hydrogen-bond donors (Lipinski definition) is 2. The second-order valence-corrected chi connectivity index (χ2v) is 9.92. The lowest BCUT2D eigenvalue weighted by molar-refractivity contribution is 0.597. The number of sulfonamides is 2. The predicted molar refractivity (Wildman–Crippen MR) is 111 cm³/mol. The van der Waals surface area contributed by atoms with E-state index in [1.165, 1.54) is 30.3 Å². The molecule has 6 nitrogen and oxygen atoms in total. The van der Waals surface area contributed by atoms with Crippen molar-refractivity contribution in [3.05, 3.63) is 83.1 Å². The number of benzene rings is 3. The van der Waals surface area contributed by atoms with E-state index < -0.39 is 25.9 Å². The molecule has 0 radical (unpaired) electrons. The monoisotopic (exact) mass is 454 g/mol. The van der Waals surface area contributed by atoms with Crippen molar-refractivity contribution in [3.63, 3.8) is 0 Å². The molecule has 0 saturated heterocycles. The Morgan fingerprint density at radius 2 is 1.31 bits per heavy atom. The summed E-state index contributed by atoms with van der Waals surface area (Å²) in [6, 6.07) is 14.5. The quantitative estimate of drug-likeness (QED) is 0.577. The highest BCUT2D eigenvalue weighted by molar-refractivity contribution is 7.93. The number of halogens is 2. The van der Waals surface area contributed by atoms with Crippen molar-refractivity contribution in [3.8, 4) is 0 Å². The predicted octanol–water partition coefficient (Wildman–Crippen LogP) is 4.39. The van der Waals surface area contributed by atoms with E-state index in [1.807, 2.05) is 0 Å². The van der Waals surface area contributed by atoms with Gasteiger partial charge in [-0.2, -0.15) is 0 Å². The van der Waals surface area contributed by atoms with Crippen LogP contribution in [0.5, 0.6) is 0 Å². The molecular weight excluding hydrogens is 439 g/mol. The molecule has 0 amide bonds. The molecule has 2 N–H and O–H groups in total. The molecule has 3 aromatic carbocycles. The van der Waals surface area contributed by atoms with Crippen LogP contribution in [0.4, 0.5) is 15.8 Å². The van der Waals surface area contributed by atoms with E-state index in [1.54, 1.807) is 19.1 Å². The fourth-order valence-electron chi connectivity index (χ4n) is 2.51. The van der Waals surface area contributed by atoms with Crippen molar-refractivity contribution < 1.29 is 21.2 Å². The Labute approximate surface area is 173 Å². The number of aryl methyl sites for hydroxylation is 1. The Bertz CT molecular complexity index is 1240. The van der Waals surface area contributed by atoms with E-state index in [0.717, 1.165) is 24.3 Å². The molecule has 0 saturated carbocycles. The highest BCUT2D eigenvalue weighted by Crippen LogP contribution is 2.25. The van der Waals surface area contributed by atoms with Gasteiger partial charge < -0.3 is 0 Å². The van der Waals surface area contributed by atoms with Gasteiger partial charge in [-0.15, -0.1) is 0 Å². The Kier molecular flexibility index (Phi) is 5.83. The van der Waals surface area contributed by atoms with Crippen LogP contribution in [-0.2, 0) is 20.0 Å². The summed E-state index contributed by atoms with van der Waals surface area (Å²) in [6.07, 6.45) is 0. The van der Waals surface area contributed by atoms with Crippen LogP contribution in [0.3, 0.4) is 0 Å². The highest BCUT2D eigenvalue weighted by Gasteiger charge is 2.20. The fourth-order valence-corrected chi connectivity index (χ4v) is 5.01. The third kappa shape index (κ3) is 5.06. The smallest absolute Gasteiger partial charge is 0.262 e. The lowest BCUT2D eigenvalue weighted by Crippen LogP contribution is -2.16. The first-order valence-electron chi connectivity index (χ1n) is 8.24. The van der Waals surface area contributed by atoms with E-state index in [-0.39, 0.29) is 15.5 Å². The van der Waals surface area contributed by atoms with E-state index in [0.29, 0.717) is 16.3 Å². The minimum Gasteiger partial charge on any atom is -0.280 e. The minimum absolute atomic E-state index is 0.0522. The molecular formula is C19H16ClFN2O4S2. The zero-order valence-corrected chi connectivity index (χ0v) is 17.4. The Balaban J connectivity index is 1.91. The summed E-state index contributed by atoms with van der Waals surface area (Å²) in [6.45, 7) is 1.59. The topological polar surface area (TPSA) is 92.3 Å². The molecule has 0 atom stereocenters. The highest BCUT2D eigenvalue weighted by atomic mass is 35.5. The summed E-state index contributed by atoms with van der Waals surface area (Å²) in [4.78, 5) is -0.241. The summed E-state index contributed by atoms with van der Waals surface area (Å²) >= 11 is 5.80. The third-order valence-electron chi connectivity index (χ3n) is 3.95. The molecule has 29 heavy (non-hydrogen) atoms. The lowest BCUT2D eigenvalue weighted by Gasteiger charge is -2.13. The average molecular weight is 455 g/mol. The van der Waals surface area contributed by atoms with Crippen LogP contribution in [0.1, 0.15) is 5.56 Å². The maximum atomic E-state index is 13.0. The molecule has 0 aliphatic carbocycles. The van der Waals surface area contributed by atoms with Gasteiger partial charge in [-0.25, -0.2) is 21.2 Å². The van der Waals surface area contributed by atoms with Gasteiger partial charge in [0.2, 0.25) is 0 Å². The van der Waals surface area contributed by atoms with Crippen molar-refractivity contribution >= 4 is 43.0 Å². The fraction of sp³-hybridized carbons (Fsp3) is 0.0526. The van der Waals surface area contributed by atoms with Gasteiger partial charge in [0.05, 0.1) is 15.5 Å². The van der Waals surface area contributed by atoms with E-state index in [2.05, 4.69) is 9.44 Å². The Morgan fingerprint density at radius 3 is 1.93 bits per heavy atom.